The van der Waals surface area contributed by atoms with Gasteiger partial charge < -0.3 is 5.32 Å². The number of sulfonamides is 1. The van der Waals surface area contributed by atoms with Crippen LogP contribution >= 0.6 is 11.3 Å². The average Bonchev–Trinajstić information content (AvgIpc) is 2.53. The second kappa shape index (κ2) is 4.25. The third kappa shape index (κ3) is 2.25. The largest absolute Gasteiger partial charge is 0.302 e. The van der Waals surface area contributed by atoms with Gasteiger partial charge in [-0.15, -0.1) is 0 Å². The van der Waals surface area contributed by atoms with Crippen molar-refractivity contribution in [2.45, 2.75) is 38.8 Å². The molecule has 0 radical (unpaired) electrons. The van der Waals surface area contributed by atoms with E-state index in [2.05, 4.69) is 10.3 Å². The minimum Gasteiger partial charge on any atom is -0.302 e. The van der Waals surface area contributed by atoms with Crippen LogP contribution < -0.4 is 10.5 Å². The lowest BCUT2D eigenvalue weighted by Gasteiger charge is -2.03. The van der Waals surface area contributed by atoms with Crippen LogP contribution in [0.3, 0.4) is 0 Å². The van der Waals surface area contributed by atoms with Gasteiger partial charge in [-0.1, -0.05) is 39.0 Å². The van der Waals surface area contributed by atoms with Crippen molar-refractivity contribution in [3.8, 4) is 0 Å². The van der Waals surface area contributed by atoms with Crippen LogP contribution in [0.5, 0.6) is 0 Å². The van der Waals surface area contributed by atoms with Crippen LogP contribution in [0.2, 0.25) is 0 Å². The number of primary sulfonamides is 1. The zero-order valence-electron chi connectivity index (χ0n) is 12.1. The number of thiazole rings is 1. The Kier molecular flexibility index (Phi) is 3.27. The second-order valence-corrected chi connectivity index (χ2v) is 9.06. The maximum atomic E-state index is 12.3. The number of aromatic nitrogens is 1. The molecule has 1 aromatic rings. The summed E-state index contributed by atoms with van der Waals surface area (Å²) in [5.41, 5.74) is 0.153. The fourth-order valence-electron chi connectivity index (χ4n) is 2.73. The number of nitrogens with two attached hydrogens (primary N) is 1. The number of aryl methyl sites for hydroxylation is 1. The number of carbonyl (C=O) groups excluding carboxylic acids is 1. The Morgan fingerprint density at radius 1 is 1.30 bits per heavy atom. The minimum atomic E-state index is -3.79. The lowest BCUT2D eigenvalue weighted by molar-refractivity contribution is -0.118. The van der Waals surface area contributed by atoms with Crippen LogP contribution in [0, 0.1) is 23.7 Å². The first-order chi connectivity index (χ1) is 8.89. The summed E-state index contributed by atoms with van der Waals surface area (Å²) in [6.45, 7) is 9.72. The molecule has 0 saturated heterocycles. The summed E-state index contributed by atoms with van der Waals surface area (Å²) >= 11 is 0.884. The average molecular weight is 317 g/mol. The Bertz CT molecular complexity index is 660. The molecule has 1 aromatic heterocycles. The third-order valence-electron chi connectivity index (χ3n) is 4.53. The van der Waals surface area contributed by atoms with E-state index in [1.807, 2.05) is 27.7 Å². The van der Waals surface area contributed by atoms with Gasteiger partial charge in [0.25, 0.3) is 0 Å². The molecule has 112 valence electrons. The maximum absolute atomic E-state index is 12.3. The quantitative estimate of drug-likeness (QED) is 0.886. The van der Waals surface area contributed by atoms with Gasteiger partial charge in [-0.2, -0.15) is 0 Å². The van der Waals surface area contributed by atoms with E-state index in [9.17, 15) is 13.2 Å². The fourth-order valence-corrected chi connectivity index (χ4v) is 4.59. The van der Waals surface area contributed by atoms with Gasteiger partial charge in [0.1, 0.15) is 0 Å². The number of nitrogens with one attached hydrogen (secondary N) is 1. The highest BCUT2D eigenvalue weighted by atomic mass is 32.2. The van der Waals surface area contributed by atoms with E-state index in [0.717, 1.165) is 11.3 Å². The van der Waals surface area contributed by atoms with Crippen molar-refractivity contribution in [3.63, 3.8) is 0 Å². The smallest absolute Gasteiger partial charge is 0.249 e. The Morgan fingerprint density at radius 2 is 1.80 bits per heavy atom. The molecule has 3 N–H and O–H groups in total. The summed E-state index contributed by atoms with van der Waals surface area (Å²) < 4.78 is 22.7. The topological polar surface area (TPSA) is 102 Å². The lowest BCUT2D eigenvalue weighted by atomic mass is 10.0. The molecule has 0 atom stereocenters. The van der Waals surface area contributed by atoms with Crippen molar-refractivity contribution in [2.75, 3.05) is 5.32 Å². The Balaban J connectivity index is 2.19. The molecule has 1 heterocycles. The van der Waals surface area contributed by atoms with E-state index in [0.29, 0.717) is 5.69 Å². The summed E-state index contributed by atoms with van der Waals surface area (Å²) in [5, 5.41) is 8.06. The molecule has 20 heavy (non-hydrogen) atoms. The molecular formula is C12H19N3O3S2. The van der Waals surface area contributed by atoms with Crippen LogP contribution in [0.25, 0.3) is 0 Å². The highest BCUT2D eigenvalue weighted by molar-refractivity contribution is 7.91. The zero-order valence-corrected chi connectivity index (χ0v) is 13.8. The van der Waals surface area contributed by atoms with Gasteiger partial charge in [-0.05, 0) is 17.8 Å². The van der Waals surface area contributed by atoms with Crippen molar-refractivity contribution in [1.82, 2.24) is 4.98 Å². The van der Waals surface area contributed by atoms with E-state index in [1.165, 1.54) is 0 Å². The number of hydrogen-bond acceptors (Lipinski definition) is 5. The molecule has 6 nitrogen and oxygen atoms in total. The highest BCUT2D eigenvalue weighted by Crippen LogP contribution is 2.68. The number of amides is 1. The summed E-state index contributed by atoms with van der Waals surface area (Å²) in [6.07, 6.45) is 0. The van der Waals surface area contributed by atoms with E-state index < -0.39 is 10.0 Å². The number of nitrogens with zero attached hydrogens (tertiary/aromatic N) is 1. The van der Waals surface area contributed by atoms with Gasteiger partial charge in [0.15, 0.2) is 9.34 Å². The summed E-state index contributed by atoms with van der Waals surface area (Å²) in [7, 11) is -3.79. The molecule has 0 aliphatic heterocycles. The van der Waals surface area contributed by atoms with Crippen LogP contribution in [0.1, 0.15) is 33.4 Å². The first-order valence-corrected chi connectivity index (χ1v) is 8.56. The Morgan fingerprint density at radius 3 is 2.15 bits per heavy atom. The van der Waals surface area contributed by atoms with Crippen molar-refractivity contribution >= 4 is 32.4 Å². The van der Waals surface area contributed by atoms with E-state index in [4.69, 9.17) is 5.14 Å². The number of carbonyl (C=O) groups is 1. The van der Waals surface area contributed by atoms with E-state index in [-0.39, 0.29) is 32.0 Å². The molecule has 1 amide bonds. The zero-order chi connectivity index (χ0) is 15.5. The van der Waals surface area contributed by atoms with E-state index in [1.54, 1.807) is 6.92 Å². The molecular weight excluding hydrogens is 298 g/mol. The molecule has 1 aliphatic rings. The molecule has 1 saturated carbocycles. The third-order valence-corrected chi connectivity index (χ3v) is 7.15. The Hall–Kier alpha value is -0.990. The molecule has 0 spiro atoms. The van der Waals surface area contributed by atoms with Crippen LogP contribution in [0.4, 0.5) is 5.13 Å². The molecule has 0 aromatic carbocycles. The lowest BCUT2D eigenvalue weighted by Crippen LogP contribution is -2.17. The van der Waals surface area contributed by atoms with Crippen LogP contribution in [0.15, 0.2) is 4.21 Å². The molecule has 1 fully saturated rings. The van der Waals surface area contributed by atoms with Gasteiger partial charge in [0, 0.05) is 5.92 Å². The standard InChI is InChI=1S/C12H19N3O3S2/c1-6-9(20(13,17)18)19-10(14-6)15-8(16)7-11(2,3)12(7,4)5/h7H,1-5H3,(H2,13,17,18)(H,14,15,16). The summed E-state index contributed by atoms with van der Waals surface area (Å²) in [4.78, 5) is 16.3. The SMILES string of the molecule is Cc1nc(NC(=O)C2C(C)(C)C2(C)C)sc1S(N)(=O)=O. The van der Waals surface area contributed by atoms with Crippen molar-refractivity contribution in [1.29, 1.82) is 0 Å². The van der Waals surface area contributed by atoms with Crippen molar-refractivity contribution in [3.05, 3.63) is 5.69 Å². The minimum absolute atomic E-state index is 0.0119. The molecule has 1 aliphatic carbocycles. The maximum Gasteiger partial charge on any atom is 0.249 e. The summed E-state index contributed by atoms with van der Waals surface area (Å²) in [6, 6.07) is 0. The number of anilines is 1. The van der Waals surface area contributed by atoms with Gasteiger partial charge >= 0.3 is 0 Å². The van der Waals surface area contributed by atoms with Crippen molar-refractivity contribution in [2.24, 2.45) is 21.9 Å². The predicted molar refractivity (Wildman–Crippen MR) is 77.9 cm³/mol. The van der Waals surface area contributed by atoms with Gasteiger partial charge in [-0.25, -0.2) is 18.5 Å². The second-order valence-electron chi connectivity index (χ2n) is 6.30. The number of hydrogen-bond donors (Lipinski definition) is 2. The first kappa shape index (κ1) is 15.4. The molecule has 2 rings (SSSR count). The van der Waals surface area contributed by atoms with Gasteiger partial charge in [-0.3, -0.25) is 4.79 Å². The molecule has 0 unspecified atom stereocenters. The van der Waals surface area contributed by atoms with E-state index >= 15 is 0 Å². The van der Waals surface area contributed by atoms with Gasteiger partial charge in [0.05, 0.1) is 5.69 Å². The number of rotatable bonds is 3. The monoisotopic (exact) mass is 317 g/mol. The molecule has 0 bridgehead atoms. The highest BCUT2D eigenvalue weighted by Gasteiger charge is 2.68. The van der Waals surface area contributed by atoms with Gasteiger partial charge in [0.2, 0.25) is 15.9 Å². The van der Waals surface area contributed by atoms with Crippen LogP contribution in [-0.4, -0.2) is 19.3 Å². The molecule has 8 heteroatoms. The van der Waals surface area contributed by atoms with Crippen LogP contribution in [-0.2, 0) is 14.8 Å². The summed E-state index contributed by atoms with van der Waals surface area (Å²) in [5.74, 6) is -0.244. The fraction of sp³-hybridized carbons (Fsp3) is 0.667. The predicted octanol–water partition coefficient (Wildman–Crippen LogP) is 1.72. The Labute approximate surface area is 122 Å². The normalized spacial score (nSPS) is 20.7. The first-order valence-electron chi connectivity index (χ1n) is 6.20. The van der Waals surface area contributed by atoms with Crippen molar-refractivity contribution < 1.29 is 13.2 Å².